The molecule has 8 heavy (non-hydrogen) atoms. The van der Waals surface area contributed by atoms with E-state index in [4.69, 9.17) is 17.5 Å². The molecule has 0 heterocycles. The van der Waals surface area contributed by atoms with Gasteiger partial charge in [0.05, 0.1) is 0 Å². The third-order valence-corrected chi connectivity index (χ3v) is 0. The van der Waals surface area contributed by atoms with Crippen molar-refractivity contribution in [3.63, 3.8) is 0 Å². The van der Waals surface area contributed by atoms with E-state index in [1.807, 2.05) is 0 Å². The first kappa shape index (κ1) is 16.1. The van der Waals surface area contributed by atoms with Crippen LogP contribution in [-0.4, -0.2) is 17.5 Å². The molecular formula is C2H5KO4S. The van der Waals surface area contributed by atoms with Crippen LogP contribution in [0.2, 0.25) is 0 Å². The summed E-state index contributed by atoms with van der Waals surface area (Å²) < 4.78 is 31.6. The Bertz CT molecular complexity index is 108. The summed E-state index contributed by atoms with van der Waals surface area (Å²) in [6, 6.07) is 0. The van der Waals surface area contributed by atoms with E-state index in [0.29, 0.717) is 0 Å². The molecule has 0 spiro atoms. The fourth-order valence-electron chi connectivity index (χ4n) is 0. The number of hydrogen-bond donors (Lipinski definition) is 2. The van der Waals surface area contributed by atoms with Crippen LogP contribution in [0, 0.1) is 6.58 Å². The van der Waals surface area contributed by atoms with Gasteiger partial charge in [0.1, 0.15) is 0 Å². The van der Waals surface area contributed by atoms with E-state index < -0.39 is 10.4 Å². The topological polar surface area (TPSA) is 74.6 Å². The van der Waals surface area contributed by atoms with Crippen LogP contribution < -0.4 is 51.4 Å². The molecule has 0 amide bonds. The molecule has 2 N–H and O–H groups in total. The Morgan fingerprint density at radius 1 is 1.25 bits per heavy atom. The normalized spacial score (nSPS) is 7.75. The Kier molecular flexibility index (Phi) is 16.6. The summed E-state index contributed by atoms with van der Waals surface area (Å²) >= 11 is 0. The van der Waals surface area contributed by atoms with Crippen molar-refractivity contribution in [2.45, 2.75) is 0 Å². The van der Waals surface area contributed by atoms with Crippen LogP contribution in [-0.2, 0) is 10.4 Å². The van der Waals surface area contributed by atoms with Gasteiger partial charge < -0.3 is 6.58 Å². The Morgan fingerprint density at radius 3 is 1.25 bits per heavy atom. The predicted molar refractivity (Wildman–Crippen MR) is 24.1 cm³/mol. The van der Waals surface area contributed by atoms with Gasteiger partial charge in [0, 0.05) is 0 Å². The zero-order valence-electron chi connectivity index (χ0n) is 4.40. The van der Waals surface area contributed by atoms with Gasteiger partial charge in [0.25, 0.3) is 0 Å². The van der Waals surface area contributed by atoms with Crippen molar-refractivity contribution in [3.05, 3.63) is 13.2 Å². The zero-order chi connectivity index (χ0) is 6.50. The fourth-order valence-corrected chi connectivity index (χ4v) is 0. The molecule has 0 atom stereocenters. The molecule has 0 saturated carbocycles. The minimum absolute atomic E-state index is 0. The van der Waals surface area contributed by atoms with Crippen LogP contribution in [0.15, 0.2) is 6.58 Å². The first-order valence-electron chi connectivity index (χ1n) is 1.11. The van der Waals surface area contributed by atoms with Gasteiger partial charge in [0.15, 0.2) is 0 Å². The van der Waals surface area contributed by atoms with Crippen LogP contribution >= 0.6 is 0 Å². The van der Waals surface area contributed by atoms with E-state index in [2.05, 4.69) is 13.2 Å². The van der Waals surface area contributed by atoms with Crippen LogP contribution in [0.1, 0.15) is 0 Å². The summed E-state index contributed by atoms with van der Waals surface area (Å²) in [5.41, 5.74) is 0. The fraction of sp³-hybridized carbons (Fsp3) is 0. The van der Waals surface area contributed by atoms with Crippen molar-refractivity contribution >= 4 is 10.4 Å². The van der Waals surface area contributed by atoms with Crippen LogP contribution in [0.25, 0.3) is 0 Å². The smallest absolute Gasteiger partial charge is 0.521 e. The van der Waals surface area contributed by atoms with E-state index >= 15 is 0 Å². The summed E-state index contributed by atoms with van der Waals surface area (Å²) in [7, 11) is -4.67. The van der Waals surface area contributed by atoms with Gasteiger partial charge >= 0.3 is 61.8 Å². The van der Waals surface area contributed by atoms with Crippen molar-refractivity contribution in [2.75, 3.05) is 0 Å². The zero-order valence-corrected chi connectivity index (χ0v) is 8.34. The third kappa shape index (κ3) is 182. The number of hydrogen-bond acceptors (Lipinski definition) is 2. The monoisotopic (exact) mass is 164 g/mol. The molecule has 0 fully saturated rings. The maximum Gasteiger partial charge on any atom is 1.00 e. The molecule has 0 rings (SSSR count). The first-order valence-corrected chi connectivity index (χ1v) is 2.50. The average molecular weight is 164 g/mol. The van der Waals surface area contributed by atoms with Crippen LogP contribution in [0.5, 0.6) is 0 Å². The van der Waals surface area contributed by atoms with Crippen molar-refractivity contribution in [3.8, 4) is 0 Å². The van der Waals surface area contributed by atoms with Gasteiger partial charge in [-0.15, -0.1) is 0 Å². The molecule has 0 bridgehead atoms. The first-order chi connectivity index (χ1) is 3.00. The van der Waals surface area contributed by atoms with Gasteiger partial charge in [0.2, 0.25) is 0 Å². The minimum atomic E-state index is -4.67. The van der Waals surface area contributed by atoms with E-state index in [0.717, 1.165) is 0 Å². The maximum absolute atomic E-state index is 8.74. The molecule has 0 aliphatic rings. The molecule has 4 nitrogen and oxygen atoms in total. The molecule has 0 aromatic heterocycles. The van der Waals surface area contributed by atoms with Crippen molar-refractivity contribution < 1.29 is 68.9 Å². The standard InChI is InChI=1S/C2H3.K.H2O4S/c1-2;;1-5(2,3)4/h1H,2H2;;(H2,1,2,3,4)/q-1;+1;. The van der Waals surface area contributed by atoms with Gasteiger partial charge in [-0.3, -0.25) is 15.7 Å². The summed E-state index contributed by atoms with van der Waals surface area (Å²) in [6.07, 6.45) is 0. The second-order valence-electron chi connectivity index (χ2n) is 0.448. The number of rotatable bonds is 0. The van der Waals surface area contributed by atoms with Crippen LogP contribution in [0.4, 0.5) is 0 Å². The Morgan fingerprint density at radius 2 is 1.25 bits per heavy atom. The molecule has 0 aromatic rings. The molecule has 6 heteroatoms. The quantitative estimate of drug-likeness (QED) is 0.227. The summed E-state index contributed by atoms with van der Waals surface area (Å²) in [6.45, 7) is 7.00. The van der Waals surface area contributed by atoms with Crippen molar-refractivity contribution in [1.29, 1.82) is 0 Å². The molecular weight excluding hydrogens is 159 g/mol. The summed E-state index contributed by atoms with van der Waals surface area (Å²) in [5.74, 6) is 0. The average Bonchev–Trinajstić information content (AvgIpc) is 1.36. The van der Waals surface area contributed by atoms with E-state index in [1.165, 1.54) is 0 Å². The molecule has 0 unspecified atom stereocenters. The Balaban J connectivity index is -0.0000000750. The van der Waals surface area contributed by atoms with Crippen molar-refractivity contribution in [2.24, 2.45) is 0 Å². The van der Waals surface area contributed by atoms with Gasteiger partial charge in [-0.1, -0.05) is 0 Å². The Hall–Kier alpha value is 1.25. The third-order valence-electron chi connectivity index (χ3n) is 0. The molecule has 0 aliphatic heterocycles. The van der Waals surface area contributed by atoms with Gasteiger partial charge in [-0.25, -0.2) is 0 Å². The molecule has 0 aliphatic carbocycles. The van der Waals surface area contributed by atoms with E-state index in [1.54, 1.807) is 0 Å². The molecule has 0 radical (unpaired) electrons. The predicted octanol–water partition coefficient (Wildman–Crippen LogP) is -3.04. The molecule has 44 valence electrons. The largest absolute Gasteiger partial charge is 1.00 e. The van der Waals surface area contributed by atoms with Gasteiger partial charge in [-0.05, 0) is 0 Å². The Labute approximate surface area is 91.0 Å². The second kappa shape index (κ2) is 8.25. The van der Waals surface area contributed by atoms with Gasteiger partial charge in [-0.2, -0.15) is 8.42 Å². The van der Waals surface area contributed by atoms with E-state index in [9.17, 15) is 0 Å². The molecule has 0 aromatic carbocycles. The molecule has 0 saturated heterocycles. The second-order valence-corrected chi connectivity index (χ2v) is 1.34. The maximum atomic E-state index is 8.74. The van der Waals surface area contributed by atoms with E-state index in [-0.39, 0.29) is 51.4 Å². The summed E-state index contributed by atoms with van der Waals surface area (Å²) in [5, 5.41) is 0. The summed E-state index contributed by atoms with van der Waals surface area (Å²) in [4.78, 5) is 0. The SMILES string of the molecule is O=S(=O)(O)O.[CH-]=C.[K+]. The van der Waals surface area contributed by atoms with Crippen LogP contribution in [0.3, 0.4) is 0 Å². The minimum Gasteiger partial charge on any atom is -0.521 e. The van der Waals surface area contributed by atoms with Crippen molar-refractivity contribution in [1.82, 2.24) is 0 Å².